The van der Waals surface area contributed by atoms with Crippen LogP contribution in [0.5, 0.6) is 5.75 Å². The number of nitrogens with zero attached hydrogens (tertiary/aromatic N) is 2. The predicted molar refractivity (Wildman–Crippen MR) is 125 cm³/mol. The summed E-state index contributed by atoms with van der Waals surface area (Å²) in [5.74, 6) is 0.635. The highest BCUT2D eigenvalue weighted by atomic mass is 35.5. The molecule has 1 aliphatic heterocycles. The molecule has 0 unspecified atom stereocenters. The van der Waals surface area contributed by atoms with Crippen molar-refractivity contribution in [3.8, 4) is 5.75 Å². The molecule has 0 aliphatic carbocycles. The van der Waals surface area contributed by atoms with Gasteiger partial charge in [0.2, 0.25) is 15.9 Å². The molecule has 0 atom stereocenters. The molecule has 1 aliphatic rings. The second kappa shape index (κ2) is 11.1. The van der Waals surface area contributed by atoms with Gasteiger partial charge in [-0.2, -0.15) is 0 Å². The molecule has 0 bridgehead atoms. The van der Waals surface area contributed by atoms with Gasteiger partial charge in [0.05, 0.1) is 11.4 Å². The zero-order valence-electron chi connectivity index (χ0n) is 18.5. The largest absolute Gasteiger partial charge is 0.492 e. The van der Waals surface area contributed by atoms with Crippen molar-refractivity contribution in [2.24, 2.45) is 5.92 Å². The van der Waals surface area contributed by atoms with Crippen molar-refractivity contribution >= 4 is 27.5 Å². The summed E-state index contributed by atoms with van der Waals surface area (Å²) < 4.78 is 31.0. The molecule has 1 fully saturated rings. The first-order valence-corrected chi connectivity index (χ1v) is 12.5. The molecule has 2 aromatic rings. The van der Waals surface area contributed by atoms with Crippen molar-refractivity contribution in [2.75, 3.05) is 40.3 Å². The van der Waals surface area contributed by atoms with E-state index in [1.807, 2.05) is 18.2 Å². The molecule has 9 heteroatoms. The quantitative estimate of drug-likeness (QED) is 0.559. The first-order valence-electron chi connectivity index (χ1n) is 10.7. The summed E-state index contributed by atoms with van der Waals surface area (Å²) in [7, 11) is -0.472. The molecule has 7 nitrogen and oxygen atoms in total. The summed E-state index contributed by atoms with van der Waals surface area (Å²) >= 11 is 6.06. The fourth-order valence-electron chi connectivity index (χ4n) is 3.65. The van der Waals surface area contributed by atoms with Crippen LogP contribution < -0.4 is 10.1 Å². The van der Waals surface area contributed by atoms with Gasteiger partial charge in [0.15, 0.2) is 0 Å². The van der Waals surface area contributed by atoms with Gasteiger partial charge in [-0.3, -0.25) is 9.69 Å². The van der Waals surface area contributed by atoms with Gasteiger partial charge in [0.1, 0.15) is 12.4 Å². The summed E-state index contributed by atoms with van der Waals surface area (Å²) in [5.41, 5.74) is 1.19. The van der Waals surface area contributed by atoms with Gasteiger partial charge in [0.25, 0.3) is 0 Å². The van der Waals surface area contributed by atoms with Crippen molar-refractivity contribution in [2.45, 2.75) is 24.3 Å². The number of halogens is 1. The zero-order valence-corrected chi connectivity index (χ0v) is 20.0. The Kier molecular flexibility index (Phi) is 8.53. The summed E-state index contributed by atoms with van der Waals surface area (Å²) in [5, 5.41) is 3.69. The maximum absolute atomic E-state index is 12.5. The SMILES string of the molecule is CN(C)S(=O)(=O)c1ccc(OCCNC(=O)C2CCN(Cc3cccc(Cl)c3)CC2)cc1. The van der Waals surface area contributed by atoms with Gasteiger partial charge in [-0.1, -0.05) is 23.7 Å². The Labute approximate surface area is 195 Å². The number of hydrogen-bond donors (Lipinski definition) is 1. The van der Waals surface area contributed by atoms with Crippen LogP contribution in [-0.2, 0) is 21.4 Å². The number of carbonyl (C=O) groups excluding carboxylic acids is 1. The lowest BCUT2D eigenvalue weighted by Gasteiger charge is -2.31. The third-order valence-corrected chi connectivity index (χ3v) is 7.59. The number of likely N-dealkylation sites (tertiary alicyclic amines) is 1. The van der Waals surface area contributed by atoms with Crippen LogP contribution in [0.4, 0.5) is 0 Å². The topological polar surface area (TPSA) is 79.0 Å². The van der Waals surface area contributed by atoms with Crippen molar-refractivity contribution in [3.63, 3.8) is 0 Å². The van der Waals surface area contributed by atoms with E-state index in [1.54, 1.807) is 12.1 Å². The Morgan fingerprint density at radius 3 is 2.47 bits per heavy atom. The number of piperidine rings is 1. The van der Waals surface area contributed by atoms with Gasteiger partial charge in [0, 0.05) is 31.6 Å². The molecule has 0 saturated carbocycles. The first kappa shape index (κ1) is 24.5. The standard InChI is InChI=1S/C23H30ClN3O4S/c1-26(2)32(29,30)22-8-6-21(7-9-22)31-15-12-25-23(28)19-10-13-27(14-11-19)17-18-4-3-5-20(24)16-18/h3-9,16,19H,10-15,17H2,1-2H3,(H,25,28). The Morgan fingerprint density at radius 2 is 1.84 bits per heavy atom. The van der Waals surface area contributed by atoms with Gasteiger partial charge >= 0.3 is 0 Å². The first-order chi connectivity index (χ1) is 15.3. The Bertz CT molecular complexity index is 1000. The highest BCUT2D eigenvalue weighted by Crippen LogP contribution is 2.21. The van der Waals surface area contributed by atoms with Gasteiger partial charge in [-0.25, -0.2) is 12.7 Å². The minimum atomic E-state index is -3.45. The van der Waals surface area contributed by atoms with Crippen LogP contribution in [0.15, 0.2) is 53.4 Å². The predicted octanol–water partition coefficient (Wildman–Crippen LogP) is 3.00. The number of carbonyl (C=O) groups is 1. The van der Waals surface area contributed by atoms with Crippen molar-refractivity contribution in [1.29, 1.82) is 0 Å². The lowest BCUT2D eigenvalue weighted by molar-refractivity contribution is -0.126. The van der Waals surface area contributed by atoms with E-state index in [0.717, 1.165) is 37.5 Å². The Morgan fingerprint density at radius 1 is 1.16 bits per heavy atom. The number of nitrogens with one attached hydrogen (secondary N) is 1. The van der Waals surface area contributed by atoms with Crippen molar-refractivity contribution in [3.05, 3.63) is 59.1 Å². The Balaban J connectivity index is 1.36. The molecule has 1 amide bonds. The number of amides is 1. The molecule has 3 rings (SSSR count). The number of hydrogen-bond acceptors (Lipinski definition) is 5. The fraction of sp³-hybridized carbons (Fsp3) is 0.435. The summed E-state index contributed by atoms with van der Waals surface area (Å²) in [6.45, 7) is 3.32. The molecule has 1 heterocycles. The van der Waals surface area contributed by atoms with E-state index in [1.165, 1.54) is 36.1 Å². The van der Waals surface area contributed by atoms with Crippen LogP contribution in [0.3, 0.4) is 0 Å². The highest BCUT2D eigenvalue weighted by Gasteiger charge is 2.24. The van der Waals surface area contributed by atoms with Gasteiger partial charge in [-0.15, -0.1) is 0 Å². The molecule has 174 valence electrons. The molecular formula is C23H30ClN3O4S. The summed E-state index contributed by atoms with van der Waals surface area (Å²) in [6.07, 6.45) is 1.66. The van der Waals surface area contributed by atoms with E-state index in [9.17, 15) is 13.2 Å². The highest BCUT2D eigenvalue weighted by molar-refractivity contribution is 7.89. The number of benzene rings is 2. The molecular weight excluding hydrogens is 450 g/mol. The van der Waals surface area contributed by atoms with Gasteiger partial charge < -0.3 is 10.1 Å². The van der Waals surface area contributed by atoms with Crippen molar-refractivity contribution in [1.82, 2.24) is 14.5 Å². The number of ether oxygens (including phenoxy) is 1. The van der Waals surface area contributed by atoms with Crippen LogP contribution in [0.1, 0.15) is 18.4 Å². The van der Waals surface area contributed by atoms with E-state index in [-0.39, 0.29) is 16.7 Å². The molecule has 0 spiro atoms. The second-order valence-electron chi connectivity index (χ2n) is 8.08. The molecule has 0 aromatic heterocycles. The average Bonchev–Trinajstić information content (AvgIpc) is 2.77. The summed E-state index contributed by atoms with van der Waals surface area (Å²) in [6, 6.07) is 14.1. The van der Waals surface area contributed by atoms with Crippen molar-refractivity contribution < 1.29 is 17.9 Å². The van der Waals surface area contributed by atoms with E-state index in [2.05, 4.69) is 16.3 Å². The normalized spacial score (nSPS) is 15.6. The van der Waals surface area contributed by atoms with Crippen LogP contribution in [0.2, 0.25) is 5.02 Å². The van der Waals surface area contributed by atoms with Crippen LogP contribution in [0, 0.1) is 5.92 Å². The maximum atomic E-state index is 12.5. The van der Waals surface area contributed by atoms with Crippen LogP contribution >= 0.6 is 11.6 Å². The third-order valence-electron chi connectivity index (χ3n) is 5.53. The van der Waals surface area contributed by atoms with Crippen LogP contribution in [-0.4, -0.2) is 63.9 Å². The molecule has 32 heavy (non-hydrogen) atoms. The van der Waals surface area contributed by atoms with E-state index >= 15 is 0 Å². The second-order valence-corrected chi connectivity index (χ2v) is 10.7. The molecule has 1 saturated heterocycles. The van der Waals surface area contributed by atoms with Crippen LogP contribution in [0.25, 0.3) is 0 Å². The lowest BCUT2D eigenvalue weighted by Crippen LogP contribution is -2.41. The van der Waals surface area contributed by atoms with E-state index < -0.39 is 10.0 Å². The molecule has 2 aromatic carbocycles. The summed E-state index contributed by atoms with van der Waals surface area (Å²) in [4.78, 5) is 15.0. The monoisotopic (exact) mass is 479 g/mol. The zero-order chi connectivity index (χ0) is 23.1. The van der Waals surface area contributed by atoms with Gasteiger partial charge in [-0.05, 0) is 67.9 Å². The molecule has 1 N–H and O–H groups in total. The average molecular weight is 480 g/mol. The Hall–Kier alpha value is -2.13. The minimum absolute atomic E-state index is 0.0149. The molecule has 0 radical (unpaired) electrons. The number of sulfonamides is 1. The smallest absolute Gasteiger partial charge is 0.242 e. The van der Waals surface area contributed by atoms with E-state index in [0.29, 0.717) is 18.9 Å². The lowest BCUT2D eigenvalue weighted by atomic mass is 9.95. The van der Waals surface area contributed by atoms with E-state index in [4.69, 9.17) is 16.3 Å². The number of rotatable bonds is 9. The maximum Gasteiger partial charge on any atom is 0.242 e. The fourth-order valence-corrected chi connectivity index (χ4v) is 4.77. The third kappa shape index (κ3) is 6.68. The minimum Gasteiger partial charge on any atom is -0.492 e.